The summed E-state index contributed by atoms with van der Waals surface area (Å²) in [6, 6.07) is 4.26. The number of piperidine rings is 1. The first-order valence-corrected chi connectivity index (χ1v) is 9.87. The number of nitrogens with zero attached hydrogens (tertiary/aromatic N) is 3. The number of hydrogen-bond donors (Lipinski definition) is 1. The number of aromatic nitrogens is 2. The number of benzene rings is 1. The average molecular weight is 418 g/mol. The van der Waals surface area contributed by atoms with Crippen LogP contribution in [-0.2, 0) is 16.2 Å². The first kappa shape index (κ1) is 20.3. The summed E-state index contributed by atoms with van der Waals surface area (Å²) in [5.41, 5.74) is 0.0254. The number of amides is 1. The summed E-state index contributed by atoms with van der Waals surface area (Å²) in [5, 5.41) is 7.94. The molecule has 1 aromatic carbocycles. The lowest BCUT2D eigenvalue weighted by molar-refractivity contribution is -0.156. The van der Waals surface area contributed by atoms with Gasteiger partial charge in [-0.05, 0) is 44.0 Å². The summed E-state index contributed by atoms with van der Waals surface area (Å²) in [5.74, 6) is -2.40. The third kappa shape index (κ3) is 4.17. The third-order valence-corrected chi connectivity index (χ3v) is 6.38. The van der Waals surface area contributed by atoms with E-state index in [0.29, 0.717) is 6.54 Å². The molecule has 1 fully saturated rings. The Morgan fingerprint density at radius 3 is 2.46 bits per heavy atom. The van der Waals surface area contributed by atoms with Gasteiger partial charge < -0.3 is 4.42 Å². The smallest absolute Gasteiger partial charge is 0.399 e. The average Bonchev–Trinajstić information content (AvgIpc) is 3.11. The number of carbonyl (C=O) groups excluding carboxylic acids is 1. The maximum atomic E-state index is 12.8. The van der Waals surface area contributed by atoms with Gasteiger partial charge in [-0.15, -0.1) is 5.10 Å². The van der Waals surface area contributed by atoms with Crippen molar-refractivity contribution in [2.75, 3.05) is 11.9 Å². The van der Waals surface area contributed by atoms with Crippen LogP contribution in [0.15, 0.2) is 33.6 Å². The molecule has 1 unspecified atom stereocenters. The third-order valence-electron chi connectivity index (χ3n) is 4.35. The van der Waals surface area contributed by atoms with E-state index >= 15 is 0 Å². The van der Waals surface area contributed by atoms with Crippen molar-refractivity contribution in [2.45, 2.75) is 43.3 Å². The van der Waals surface area contributed by atoms with E-state index in [0.717, 1.165) is 19.3 Å². The molecule has 0 bridgehead atoms. The molecular formula is C16H17F3N4O4S. The van der Waals surface area contributed by atoms with Crippen molar-refractivity contribution in [1.29, 1.82) is 0 Å². The topological polar surface area (TPSA) is 105 Å². The van der Waals surface area contributed by atoms with E-state index in [1.165, 1.54) is 28.6 Å². The highest BCUT2D eigenvalue weighted by atomic mass is 32.2. The largest absolute Gasteiger partial charge is 0.470 e. The molecule has 28 heavy (non-hydrogen) atoms. The van der Waals surface area contributed by atoms with Gasteiger partial charge in [0.25, 0.3) is 5.91 Å². The number of sulfonamides is 1. The lowest BCUT2D eigenvalue weighted by Crippen LogP contribution is -2.41. The Labute approximate surface area is 158 Å². The second-order valence-corrected chi connectivity index (χ2v) is 8.24. The van der Waals surface area contributed by atoms with Crippen LogP contribution in [0.25, 0.3) is 0 Å². The molecule has 2 heterocycles. The summed E-state index contributed by atoms with van der Waals surface area (Å²) in [4.78, 5) is 12.1. The number of alkyl halides is 3. The van der Waals surface area contributed by atoms with Gasteiger partial charge in [-0.3, -0.25) is 10.1 Å². The molecule has 12 heteroatoms. The van der Waals surface area contributed by atoms with Crippen molar-refractivity contribution in [3.05, 3.63) is 35.7 Å². The highest BCUT2D eigenvalue weighted by Crippen LogP contribution is 2.29. The Bertz CT molecular complexity index is 957. The molecule has 1 aliphatic rings. The Balaban J connectivity index is 1.73. The molecular weight excluding hydrogens is 401 g/mol. The maximum Gasteiger partial charge on any atom is 0.470 e. The van der Waals surface area contributed by atoms with Crippen molar-refractivity contribution in [3.63, 3.8) is 0 Å². The molecule has 8 nitrogen and oxygen atoms in total. The minimum atomic E-state index is -4.82. The predicted octanol–water partition coefficient (Wildman–Crippen LogP) is 2.90. The molecule has 0 aliphatic carbocycles. The molecule has 152 valence electrons. The summed E-state index contributed by atoms with van der Waals surface area (Å²) >= 11 is 0. The van der Waals surface area contributed by atoms with Crippen LogP contribution in [0.2, 0.25) is 0 Å². The Kier molecular flexibility index (Phi) is 5.44. The fourth-order valence-electron chi connectivity index (χ4n) is 2.90. The molecule has 1 saturated heterocycles. The van der Waals surface area contributed by atoms with Crippen molar-refractivity contribution in [1.82, 2.24) is 14.5 Å². The highest BCUT2D eigenvalue weighted by Gasteiger charge is 2.38. The van der Waals surface area contributed by atoms with Crippen LogP contribution < -0.4 is 5.32 Å². The zero-order valence-corrected chi connectivity index (χ0v) is 15.5. The van der Waals surface area contributed by atoms with Gasteiger partial charge in [0, 0.05) is 18.2 Å². The number of nitrogens with one attached hydrogen (secondary N) is 1. The van der Waals surface area contributed by atoms with E-state index in [9.17, 15) is 26.4 Å². The molecule has 3 rings (SSSR count). The maximum absolute atomic E-state index is 12.8. The number of halogens is 3. The molecule has 0 saturated carbocycles. The van der Waals surface area contributed by atoms with Crippen molar-refractivity contribution < 1.29 is 30.8 Å². The SMILES string of the molecule is CC1CCCCN1S(=O)(=O)c1ccc(C(=O)Nc2nnc(C(F)(F)F)o2)cc1. The quantitative estimate of drug-likeness (QED) is 0.819. The molecule has 1 N–H and O–H groups in total. The van der Waals surface area contributed by atoms with Crippen molar-refractivity contribution in [2.24, 2.45) is 0 Å². The Hall–Kier alpha value is -2.47. The summed E-state index contributed by atoms with van der Waals surface area (Å²) in [6.45, 7) is 2.28. The highest BCUT2D eigenvalue weighted by molar-refractivity contribution is 7.89. The van der Waals surface area contributed by atoms with E-state index in [1.54, 1.807) is 0 Å². The molecule has 0 spiro atoms. The second-order valence-electron chi connectivity index (χ2n) is 6.35. The predicted molar refractivity (Wildman–Crippen MR) is 90.9 cm³/mol. The number of carbonyl (C=O) groups is 1. The van der Waals surface area contributed by atoms with E-state index in [-0.39, 0.29) is 16.5 Å². The normalized spacial score (nSPS) is 18.8. The van der Waals surface area contributed by atoms with Crippen LogP contribution in [-0.4, -0.2) is 41.4 Å². The van der Waals surface area contributed by atoms with Crippen LogP contribution in [0.4, 0.5) is 19.2 Å². The van der Waals surface area contributed by atoms with Gasteiger partial charge >= 0.3 is 18.1 Å². The Morgan fingerprint density at radius 2 is 1.89 bits per heavy atom. The zero-order chi connectivity index (χ0) is 20.5. The number of rotatable bonds is 4. The first-order chi connectivity index (χ1) is 13.1. The molecule has 1 amide bonds. The van der Waals surface area contributed by atoms with Gasteiger partial charge in [0.2, 0.25) is 10.0 Å². The first-order valence-electron chi connectivity index (χ1n) is 8.43. The van der Waals surface area contributed by atoms with Gasteiger partial charge in [0.15, 0.2) is 0 Å². The van der Waals surface area contributed by atoms with E-state index in [2.05, 4.69) is 14.6 Å². The molecule has 2 aromatic rings. The van der Waals surface area contributed by atoms with Gasteiger partial charge in [0.05, 0.1) is 4.90 Å². The van der Waals surface area contributed by atoms with Gasteiger partial charge in [-0.25, -0.2) is 8.42 Å². The zero-order valence-electron chi connectivity index (χ0n) is 14.7. The van der Waals surface area contributed by atoms with Gasteiger partial charge in [-0.1, -0.05) is 11.5 Å². The van der Waals surface area contributed by atoms with Crippen LogP contribution in [0.1, 0.15) is 42.4 Å². The molecule has 1 atom stereocenters. The summed E-state index contributed by atoms with van der Waals surface area (Å²) in [6.07, 6.45) is -2.28. The fraction of sp³-hybridized carbons (Fsp3) is 0.438. The second kappa shape index (κ2) is 7.51. The van der Waals surface area contributed by atoms with E-state index < -0.39 is 34.0 Å². The number of hydrogen-bond acceptors (Lipinski definition) is 6. The van der Waals surface area contributed by atoms with Crippen LogP contribution in [0, 0.1) is 0 Å². The van der Waals surface area contributed by atoms with Crippen molar-refractivity contribution >= 4 is 21.9 Å². The molecule has 1 aromatic heterocycles. The summed E-state index contributed by atoms with van der Waals surface area (Å²) in [7, 11) is -3.69. The Morgan fingerprint density at radius 1 is 1.21 bits per heavy atom. The minimum absolute atomic E-state index is 0.0254. The molecule has 0 radical (unpaired) electrons. The standard InChI is InChI=1S/C16H17F3N4O4S/c1-10-4-2-3-9-23(10)28(25,26)12-7-5-11(6-8-12)13(24)20-15-22-21-14(27-15)16(17,18)19/h5-8,10H,2-4,9H2,1H3,(H,20,22,24). The lowest BCUT2D eigenvalue weighted by Gasteiger charge is -2.32. The monoisotopic (exact) mass is 418 g/mol. The van der Waals surface area contributed by atoms with Crippen LogP contribution in [0.5, 0.6) is 0 Å². The summed E-state index contributed by atoms with van der Waals surface area (Å²) < 4.78 is 68.6. The molecule has 1 aliphatic heterocycles. The van der Waals surface area contributed by atoms with Gasteiger partial charge in [0.1, 0.15) is 0 Å². The van der Waals surface area contributed by atoms with E-state index in [1.807, 2.05) is 12.2 Å². The number of anilines is 1. The van der Waals surface area contributed by atoms with Crippen LogP contribution in [0.3, 0.4) is 0 Å². The lowest BCUT2D eigenvalue weighted by atomic mass is 10.1. The minimum Gasteiger partial charge on any atom is -0.399 e. The van der Waals surface area contributed by atoms with Crippen LogP contribution >= 0.6 is 0 Å². The van der Waals surface area contributed by atoms with Gasteiger partial charge in [-0.2, -0.15) is 17.5 Å². The van der Waals surface area contributed by atoms with E-state index in [4.69, 9.17) is 0 Å². The van der Waals surface area contributed by atoms with Crippen molar-refractivity contribution in [3.8, 4) is 0 Å². The fourth-order valence-corrected chi connectivity index (χ4v) is 4.60.